The highest BCUT2D eigenvalue weighted by atomic mass is 19.3. The maximum absolute atomic E-state index is 12.1. The van der Waals surface area contributed by atoms with Gasteiger partial charge in [0.05, 0.1) is 6.42 Å². The van der Waals surface area contributed by atoms with E-state index in [1.807, 2.05) is 5.32 Å². The van der Waals surface area contributed by atoms with Crippen LogP contribution < -0.4 is 14.8 Å². The van der Waals surface area contributed by atoms with Gasteiger partial charge in [0.25, 0.3) is 11.8 Å². The molecule has 0 fully saturated rings. The number of halogens is 4. The molecule has 0 aliphatic heterocycles. The average Bonchev–Trinajstić information content (AvgIpc) is 2.67. The number of carbonyl (C=O) groups excluding carboxylic acids is 3. The Morgan fingerprint density at radius 1 is 0.800 bits per heavy atom. The van der Waals surface area contributed by atoms with Crippen LogP contribution in [0.2, 0.25) is 0 Å². The molecule has 0 heterocycles. The van der Waals surface area contributed by atoms with Crippen molar-refractivity contribution in [1.82, 2.24) is 5.32 Å². The van der Waals surface area contributed by atoms with E-state index in [0.29, 0.717) is 5.56 Å². The van der Waals surface area contributed by atoms with Crippen molar-refractivity contribution in [2.75, 3.05) is 6.61 Å². The van der Waals surface area contributed by atoms with Crippen LogP contribution in [0.4, 0.5) is 17.6 Å². The van der Waals surface area contributed by atoms with Crippen molar-refractivity contribution in [2.24, 2.45) is 0 Å². The summed E-state index contributed by atoms with van der Waals surface area (Å²) in [5, 5.41) is 1.97. The van der Waals surface area contributed by atoms with Crippen LogP contribution in [0.3, 0.4) is 0 Å². The summed E-state index contributed by atoms with van der Waals surface area (Å²) in [5.41, 5.74) is 0.437. The van der Waals surface area contributed by atoms with Gasteiger partial charge in [-0.25, -0.2) is 0 Å². The largest absolute Gasteiger partial charge is 0.455 e. The summed E-state index contributed by atoms with van der Waals surface area (Å²) >= 11 is 0. The quantitative estimate of drug-likeness (QED) is 0.487. The third-order valence-corrected chi connectivity index (χ3v) is 3.46. The lowest BCUT2D eigenvalue weighted by Crippen LogP contribution is -2.34. The third kappa shape index (κ3) is 7.78. The second kappa shape index (κ2) is 10.8. The first-order chi connectivity index (χ1) is 14.2. The van der Waals surface area contributed by atoms with Gasteiger partial charge in [0.2, 0.25) is 0 Å². The second-order valence-electron chi connectivity index (χ2n) is 5.64. The number of imide groups is 1. The molecule has 0 aliphatic rings. The average molecular weight is 429 g/mol. The van der Waals surface area contributed by atoms with Crippen molar-refractivity contribution >= 4 is 17.8 Å². The maximum atomic E-state index is 12.1. The molecule has 0 saturated carbocycles. The number of nitrogens with one attached hydrogen (secondary N) is 1. The van der Waals surface area contributed by atoms with Gasteiger partial charge in [-0.15, -0.1) is 0 Å². The van der Waals surface area contributed by atoms with E-state index in [1.165, 1.54) is 36.4 Å². The molecule has 0 atom stereocenters. The molecule has 2 aromatic rings. The van der Waals surface area contributed by atoms with Crippen LogP contribution in [-0.4, -0.2) is 37.6 Å². The van der Waals surface area contributed by atoms with Gasteiger partial charge in [0, 0.05) is 5.56 Å². The Morgan fingerprint density at radius 2 is 1.30 bits per heavy atom. The second-order valence-corrected chi connectivity index (χ2v) is 5.64. The first-order valence-corrected chi connectivity index (χ1v) is 8.31. The van der Waals surface area contributed by atoms with Crippen LogP contribution in [0.25, 0.3) is 0 Å². The van der Waals surface area contributed by atoms with Gasteiger partial charge in [-0.2, -0.15) is 17.6 Å². The van der Waals surface area contributed by atoms with Crippen LogP contribution in [0.5, 0.6) is 11.5 Å². The van der Waals surface area contributed by atoms with E-state index in [9.17, 15) is 31.9 Å². The van der Waals surface area contributed by atoms with E-state index in [1.54, 1.807) is 0 Å². The molecule has 0 saturated heterocycles. The van der Waals surface area contributed by atoms with E-state index in [2.05, 4.69) is 9.47 Å². The summed E-state index contributed by atoms with van der Waals surface area (Å²) in [4.78, 5) is 35.4. The number of esters is 1. The number of alkyl halides is 4. The summed E-state index contributed by atoms with van der Waals surface area (Å²) in [5.74, 6) is -2.74. The fraction of sp³-hybridized carbons (Fsp3) is 0.211. The summed E-state index contributed by atoms with van der Waals surface area (Å²) in [6.07, 6.45) is -0.234. The number of ether oxygens (including phenoxy) is 3. The number of benzene rings is 2. The van der Waals surface area contributed by atoms with Crippen LogP contribution in [0.1, 0.15) is 15.9 Å². The molecule has 0 unspecified atom stereocenters. The molecule has 160 valence electrons. The lowest BCUT2D eigenvalue weighted by atomic mass is 10.1. The first kappa shape index (κ1) is 22.7. The van der Waals surface area contributed by atoms with Crippen molar-refractivity contribution in [2.45, 2.75) is 19.6 Å². The van der Waals surface area contributed by atoms with E-state index in [0.717, 1.165) is 12.1 Å². The fourth-order valence-electron chi connectivity index (χ4n) is 2.18. The van der Waals surface area contributed by atoms with Gasteiger partial charge in [0.15, 0.2) is 6.61 Å². The highest BCUT2D eigenvalue weighted by molar-refractivity contribution is 6.05. The zero-order valence-electron chi connectivity index (χ0n) is 15.1. The normalized spacial score (nSPS) is 10.6. The van der Waals surface area contributed by atoms with Gasteiger partial charge < -0.3 is 14.2 Å². The molecule has 30 heavy (non-hydrogen) atoms. The third-order valence-electron chi connectivity index (χ3n) is 3.46. The monoisotopic (exact) mass is 429 g/mol. The number of hydrogen-bond donors (Lipinski definition) is 1. The minimum Gasteiger partial charge on any atom is -0.455 e. The lowest BCUT2D eigenvalue weighted by Gasteiger charge is -2.08. The summed E-state index contributed by atoms with van der Waals surface area (Å²) in [7, 11) is 0. The molecule has 7 nitrogen and oxygen atoms in total. The van der Waals surface area contributed by atoms with Crippen molar-refractivity contribution in [3.05, 3.63) is 59.7 Å². The lowest BCUT2D eigenvalue weighted by molar-refractivity contribution is -0.147. The van der Waals surface area contributed by atoms with Gasteiger partial charge in [-0.1, -0.05) is 12.1 Å². The van der Waals surface area contributed by atoms with Gasteiger partial charge in [-0.05, 0) is 42.0 Å². The number of carbonyl (C=O) groups is 3. The van der Waals surface area contributed by atoms with E-state index in [4.69, 9.17) is 4.74 Å². The van der Waals surface area contributed by atoms with Crippen molar-refractivity contribution in [3.63, 3.8) is 0 Å². The minimum atomic E-state index is -3.01. The predicted octanol–water partition coefficient (Wildman–Crippen LogP) is 2.93. The van der Waals surface area contributed by atoms with Gasteiger partial charge in [-0.3, -0.25) is 19.7 Å². The Hall–Kier alpha value is -3.63. The van der Waals surface area contributed by atoms with Crippen LogP contribution in [0, 0.1) is 0 Å². The highest BCUT2D eigenvalue weighted by Crippen LogP contribution is 2.16. The van der Waals surface area contributed by atoms with Gasteiger partial charge >= 0.3 is 19.2 Å². The highest BCUT2D eigenvalue weighted by Gasteiger charge is 2.14. The van der Waals surface area contributed by atoms with Crippen molar-refractivity contribution in [1.29, 1.82) is 0 Å². The topological polar surface area (TPSA) is 90.9 Å². The fourth-order valence-corrected chi connectivity index (χ4v) is 2.18. The Bertz CT molecular complexity index is 872. The first-order valence-electron chi connectivity index (χ1n) is 8.31. The van der Waals surface area contributed by atoms with E-state index < -0.39 is 37.6 Å². The molecule has 2 aromatic carbocycles. The molecule has 2 rings (SSSR count). The smallest absolute Gasteiger partial charge is 0.387 e. The summed E-state index contributed by atoms with van der Waals surface area (Å²) in [6, 6.07) is 9.86. The molecule has 0 bridgehead atoms. The minimum absolute atomic E-state index is 0.00222. The number of amides is 2. The zero-order valence-corrected chi connectivity index (χ0v) is 15.1. The van der Waals surface area contributed by atoms with E-state index >= 15 is 0 Å². The molecule has 1 N–H and O–H groups in total. The molecule has 11 heteroatoms. The Balaban J connectivity index is 1.76. The Labute approximate surface area is 167 Å². The predicted molar refractivity (Wildman–Crippen MR) is 93.3 cm³/mol. The van der Waals surface area contributed by atoms with Crippen LogP contribution in [0.15, 0.2) is 48.5 Å². The zero-order chi connectivity index (χ0) is 22.1. The Morgan fingerprint density at radius 3 is 1.80 bits per heavy atom. The Kier molecular flexibility index (Phi) is 8.15. The van der Waals surface area contributed by atoms with E-state index in [-0.39, 0.29) is 23.5 Å². The standard InChI is InChI=1S/C19H15F4NO6/c20-18(21)29-13-5-1-11(2-6-13)9-16(26)28-10-15(25)24-17(27)12-3-7-14(8-4-12)30-19(22)23/h1-8,18-19H,9-10H2,(H,24,25,27). The molecule has 0 aliphatic carbocycles. The number of rotatable bonds is 9. The maximum Gasteiger partial charge on any atom is 0.387 e. The summed E-state index contributed by atoms with van der Waals surface area (Å²) < 4.78 is 61.4. The molecular formula is C19H15F4NO6. The molecule has 0 aromatic heterocycles. The van der Waals surface area contributed by atoms with Crippen molar-refractivity contribution in [3.8, 4) is 11.5 Å². The van der Waals surface area contributed by atoms with Crippen molar-refractivity contribution < 1.29 is 46.2 Å². The molecular weight excluding hydrogens is 414 g/mol. The summed E-state index contributed by atoms with van der Waals surface area (Å²) in [6.45, 7) is -6.71. The SMILES string of the molecule is O=C(COC(=O)Cc1ccc(OC(F)F)cc1)NC(=O)c1ccc(OC(F)F)cc1. The molecule has 0 spiro atoms. The molecule has 0 radical (unpaired) electrons. The number of hydrogen-bond acceptors (Lipinski definition) is 6. The van der Waals surface area contributed by atoms with Gasteiger partial charge in [0.1, 0.15) is 11.5 Å². The van der Waals surface area contributed by atoms with Crippen LogP contribution >= 0.6 is 0 Å². The van der Waals surface area contributed by atoms with Crippen LogP contribution in [-0.2, 0) is 20.7 Å². The molecule has 2 amide bonds.